The molecule has 8 nitrogen and oxygen atoms in total. The zero-order valence-corrected chi connectivity index (χ0v) is 30.4. The number of aryl methyl sites for hydroxylation is 1. The van der Waals surface area contributed by atoms with Gasteiger partial charge in [0.15, 0.2) is 0 Å². The van der Waals surface area contributed by atoms with Crippen LogP contribution in [0.4, 0.5) is 4.39 Å². The number of halogens is 1. The third kappa shape index (κ3) is 5.55. The van der Waals surface area contributed by atoms with Crippen molar-refractivity contribution in [3.8, 4) is 0 Å². The topological polar surface area (TPSA) is 92.6 Å². The third-order valence-corrected chi connectivity index (χ3v) is 15.5. The molecule has 0 aliphatic carbocycles. The van der Waals surface area contributed by atoms with Gasteiger partial charge in [-0.3, -0.25) is 4.90 Å². The molecule has 3 aliphatic heterocycles. The van der Waals surface area contributed by atoms with E-state index in [1.165, 1.54) is 22.2 Å². The van der Waals surface area contributed by atoms with Crippen molar-refractivity contribution in [3.63, 3.8) is 0 Å². The van der Waals surface area contributed by atoms with Crippen molar-refractivity contribution in [1.29, 1.82) is 0 Å². The zero-order chi connectivity index (χ0) is 35.6. The molecule has 4 heterocycles. The van der Waals surface area contributed by atoms with Gasteiger partial charge < -0.3 is 0 Å². The maximum absolute atomic E-state index is 14.9. The van der Waals surface area contributed by atoms with E-state index in [1.54, 1.807) is 28.6 Å². The number of imidazole rings is 1. The highest BCUT2D eigenvalue weighted by molar-refractivity contribution is 7.90. The molecule has 11 heteroatoms. The Balaban J connectivity index is 1.09. The molecular formula is C41H41FN4O4S2. The van der Waals surface area contributed by atoms with Gasteiger partial charge in [0.1, 0.15) is 11.6 Å². The van der Waals surface area contributed by atoms with Crippen LogP contribution in [0.1, 0.15) is 44.3 Å². The Morgan fingerprint density at radius 3 is 2.08 bits per heavy atom. The minimum atomic E-state index is -4.15. The highest BCUT2D eigenvalue weighted by Crippen LogP contribution is 2.45. The van der Waals surface area contributed by atoms with Crippen LogP contribution in [0.25, 0.3) is 32.6 Å². The second-order valence-corrected chi connectivity index (χ2v) is 18.3. The Hall–Kier alpha value is -4.16. The average molecular weight is 737 g/mol. The first kappa shape index (κ1) is 33.7. The zero-order valence-electron chi connectivity index (χ0n) is 28.8. The fourth-order valence-corrected chi connectivity index (χ4v) is 13.3. The lowest BCUT2D eigenvalue weighted by atomic mass is 9.70. The SMILES string of the molecule is O=S(=O)(c1cccc2ccccc12)N1C[C@@H]2CCCN3CCC[C@@H]([C@H]23)[C@H]1CCCc1nc2cc(F)ccc2n1S(=O)(=O)c1cccc2ccccc12. The van der Waals surface area contributed by atoms with Gasteiger partial charge in [-0.05, 0) is 98.5 Å². The van der Waals surface area contributed by atoms with Crippen molar-refractivity contribution in [1.82, 2.24) is 18.2 Å². The van der Waals surface area contributed by atoms with Crippen LogP contribution in [-0.4, -0.2) is 66.7 Å². The summed E-state index contributed by atoms with van der Waals surface area (Å²) in [7, 11) is -8.03. The third-order valence-electron chi connectivity index (χ3n) is 11.8. The minimum Gasteiger partial charge on any atom is -0.300 e. The van der Waals surface area contributed by atoms with Crippen molar-refractivity contribution < 1.29 is 21.2 Å². The van der Waals surface area contributed by atoms with Gasteiger partial charge in [-0.1, -0.05) is 72.8 Å². The van der Waals surface area contributed by atoms with Crippen LogP contribution in [0, 0.1) is 17.7 Å². The number of aromatic nitrogens is 2. The highest BCUT2D eigenvalue weighted by Gasteiger charge is 2.51. The van der Waals surface area contributed by atoms with Gasteiger partial charge in [-0.2, -0.15) is 4.31 Å². The molecule has 268 valence electrons. The molecule has 52 heavy (non-hydrogen) atoms. The summed E-state index contributed by atoms with van der Waals surface area (Å²) in [6.45, 7) is 2.57. The molecule has 9 rings (SSSR count). The molecule has 3 aliphatic rings. The van der Waals surface area contributed by atoms with Gasteiger partial charge >= 0.3 is 0 Å². The van der Waals surface area contributed by atoms with Gasteiger partial charge in [0, 0.05) is 41.9 Å². The van der Waals surface area contributed by atoms with Crippen molar-refractivity contribution in [2.75, 3.05) is 19.6 Å². The maximum Gasteiger partial charge on any atom is 0.270 e. The van der Waals surface area contributed by atoms with Crippen molar-refractivity contribution >= 4 is 52.6 Å². The first-order valence-electron chi connectivity index (χ1n) is 18.4. The van der Waals surface area contributed by atoms with Gasteiger partial charge in [-0.25, -0.2) is 30.2 Å². The van der Waals surface area contributed by atoms with Crippen LogP contribution in [0.5, 0.6) is 0 Å². The second-order valence-electron chi connectivity index (χ2n) is 14.7. The molecule has 3 saturated heterocycles. The summed E-state index contributed by atoms with van der Waals surface area (Å²) in [5.74, 6) is 0.259. The molecule has 0 amide bonds. The number of sulfonamides is 1. The lowest BCUT2D eigenvalue weighted by Gasteiger charge is -2.57. The van der Waals surface area contributed by atoms with Gasteiger partial charge in [0.05, 0.1) is 20.8 Å². The first-order chi connectivity index (χ1) is 25.2. The van der Waals surface area contributed by atoms with E-state index in [1.807, 2.05) is 60.7 Å². The number of benzene rings is 5. The summed E-state index contributed by atoms with van der Waals surface area (Å²) in [5, 5.41) is 3.01. The molecule has 6 aromatic rings. The quantitative estimate of drug-likeness (QED) is 0.160. The van der Waals surface area contributed by atoms with Crippen molar-refractivity contribution in [2.24, 2.45) is 11.8 Å². The highest BCUT2D eigenvalue weighted by atomic mass is 32.2. The lowest BCUT2D eigenvalue weighted by molar-refractivity contribution is -0.0523. The standard InChI is InChI=1S/C41H41FN4O4S2/c42-31-22-23-37-35(26-31)43-40(46(37)52(49,50)39-20-6-13-29-11-2-4-16-33(29)39)21-7-18-36-34-17-9-25-44-24-8-14-30(41(34)44)27-45(36)51(47,48)38-19-5-12-28-10-1-3-15-32(28)38/h1-6,10-13,15-16,19-20,22-23,26,30,34,36,41H,7-9,14,17-18,21,24-25,27H2/t30-,34+,36+,41-/m0/s1. The van der Waals surface area contributed by atoms with E-state index in [0.717, 1.165) is 54.9 Å². The van der Waals surface area contributed by atoms with E-state index in [4.69, 9.17) is 4.98 Å². The van der Waals surface area contributed by atoms with Gasteiger partial charge in [0.2, 0.25) is 10.0 Å². The summed E-state index contributed by atoms with van der Waals surface area (Å²) < 4.78 is 76.4. The number of rotatable bonds is 8. The van der Waals surface area contributed by atoms with Crippen LogP contribution in [0.2, 0.25) is 0 Å². The van der Waals surface area contributed by atoms with Crippen LogP contribution >= 0.6 is 0 Å². The Kier molecular flexibility index (Phi) is 8.45. The Bertz CT molecular complexity index is 2540. The fourth-order valence-electron chi connectivity index (χ4n) is 9.63. The van der Waals surface area contributed by atoms with Crippen molar-refractivity contribution in [3.05, 3.63) is 115 Å². The van der Waals surface area contributed by atoms with Crippen LogP contribution in [0.3, 0.4) is 0 Å². The summed E-state index contributed by atoms with van der Waals surface area (Å²) >= 11 is 0. The summed E-state index contributed by atoms with van der Waals surface area (Å²) in [6, 6.07) is 29.8. The molecule has 0 saturated carbocycles. The fraction of sp³-hybridized carbons (Fsp3) is 0.341. The normalized spacial score (nSPS) is 22.9. The Morgan fingerprint density at radius 2 is 1.37 bits per heavy atom. The molecule has 0 N–H and O–H groups in total. The number of nitrogens with zero attached hydrogens (tertiary/aromatic N) is 4. The molecule has 1 aromatic heterocycles. The van der Waals surface area contributed by atoms with Crippen LogP contribution < -0.4 is 0 Å². The summed E-state index contributed by atoms with van der Waals surface area (Å²) in [5.41, 5.74) is 0.583. The molecular weight excluding hydrogens is 696 g/mol. The summed E-state index contributed by atoms with van der Waals surface area (Å²) in [6.07, 6.45) is 5.41. The molecule has 0 spiro atoms. The lowest BCUT2D eigenvalue weighted by Crippen LogP contribution is -2.65. The minimum absolute atomic E-state index is 0.153. The second kappa shape index (κ2) is 13.1. The molecule has 4 atom stereocenters. The average Bonchev–Trinajstić information content (AvgIpc) is 3.53. The van der Waals surface area contributed by atoms with E-state index in [0.29, 0.717) is 47.1 Å². The van der Waals surface area contributed by atoms with E-state index in [9.17, 15) is 21.2 Å². The van der Waals surface area contributed by atoms with Crippen LogP contribution in [0.15, 0.2) is 113 Å². The Labute approximate surface area is 304 Å². The Morgan fingerprint density at radius 1 is 0.731 bits per heavy atom. The smallest absolute Gasteiger partial charge is 0.270 e. The monoisotopic (exact) mass is 736 g/mol. The molecule has 0 bridgehead atoms. The maximum atomic E-state index is 14.9. The number of hydrogen-bond acceptors (Lipinski definition) is 6. The van der Waals surface area contributed by atoms with Crippen LogP contribution in [-0.2, 0) is 26.5 Å². The van der Waals surface area contributed by atoms with E-state index in [2.05, 4.69) is 4.90 Å². The molecule has 5 aromatic carbocycles. The van der Waals surface area contributed by atoms with E-state index >= 15 is 0 Å². The number of hydrogen-bond donors (Lipinski definition) is 0. The van der Waals surface area contributed by atoms with Gasteiger partial charge in [-0.15, -0.1) is 0 Å². The predicted octanol–water partition coefficient (Wildman–Crippen LogP) is 7.61. The van der Waals surface area contributed by atoms with E-state index < -0.39 is 25.9 Å². The first-order valence-corrected chi connectivity index (χ1v) is 21.2. The van der Waals surface area contributed by atoms with Crippen molar-refractivity contribution in [2.45, 2.75) is 66.8 Å². The largest absolute Gasteiger partial charge is 0.300 e. The summed E-state index contributed by atoms with van der Waals surface area (Å²) in [4.78, 5) is 7.80. The predicted molar refractivity (Wildman–Crippen MR) is 202 cm³/mol. The molecule has 0 unspecified atom stereocenters. The molecule has 3 fully saturated rings. The van der Waals surface area contributed by atoms with Gasteiger partial charge in [0.25, 0.3) is 10.0 Å². The number of piperidine rings is 3. The number of fused-ring (bicyclic) bond motifs is 3. The van der Waals surface area contributed by atoms with E-state index in [-0.39, 0.29) is 34.7 Å². The molecule has 0 radical (unpaired) electrons.